The van der Waals surface area contributed by atoms with E-state index in [4.69, 9.17) is 9.47 Å². The van der Waals surface area contributed by atoms with Crippen LogP contribution in [0.25, 0.3) is 0 Å². The van der Waals surface area contributed by atoms with E-state index in [-0.39, 0.29) is 11.5 Å². The van der Waals surface area contributed by atoms with E-state index < -0.39 is 0 Å². The molecule has 1 spiro atoms. The molecule has 3 aliphatic rings. The first-order chi connectivity index (χ1) is 13.7. The van der Waals surface area contributed by atoms with E-state index >= 15 is 0 Å². The maximum Gasteiger partial charge on any atom is 0.230 e. The summed E-state index contributed by atoms with van der Waals surface area (Å²) in [7, 11) is 1.71. The summed E-state index contributed by atoms with van der Waals surface area (Å²) in [5.74, 6) is 1.24. The van der Waals surface area contributed by atoms with E-state index in [9.17, 15) is 4.79 Å². The molecule has 5 rings (SSSR count). The van der Waals surface area contributed by atoms with Gasteiger partial charge >= 0.3 is 0 Å². The van der Waals surface area contributed by atoms with Crippen LogP contribution >= 0.6 is 0 Å². The van der Waals surface area contributed by atoms with Crippen LogP contribution in [0.5, 0.6) is 5.75 Å². The van der Waals surface area contributed by atoms with Gasteiger partial charge in [0.2, 0.25) is 5.91 Å². The third kappa shape index (κ3) is 2.82. The molecule has 1 aliphatic carbocycles. The Labute approximate surface area is 166 Å². The van der Waals surface area contributed by atoms with E-state index in [2.05, 4.69) is 41.3 Å². The lowest BCUT2D eigenvalue weighted by molar-refractivity contribution is -0.142. The molecule has 1 unspecified atom stereocenters. The summed E-state index contributed by atoms with van der Waals surface area (Å²) in [4.78, 5) is 15.3. The Morgan fingerprint density at radius 3 is 2.75 bits per heavy atom. The molecule has 1 atom stereocenters. The number of hydrogen-bond donors (Lipinski definition) is 0. The van der Waals surface area contributed by atoms with E-state index in [0.29, 0.717) is 5.91 Å². The van der Waals surface area contributed by atoms with Gasteiger partial charge < -0.3 is 14.4 Å². The number of hydrogen-bond acceptors (Lipinski definition) is 3. The molecule has 0 saturated carbocycles. The van der Waals surface area contributed by atoms with Crippen LogP contribution in [0.3, 0.4) is 0 Å². The van der Waals surface area contributed by atoms with Crippen LogP contribution in [-0.2, 0) is 28.0 Å². The average molecular weight is 377 g/mol. The van der Waals surface area contributed by atoms with Crippen molar-refractivity contribution in [3.63, 3.8) is 0 Å². The number of carbonyl (C=O) groups excluding carboxylic acids is 1. The van der Waals surface area contributed by atoms with Crippen molar-refractivity contribution < 1.29 is 14.3 Å². The summed E-state index contributed by atoms with van der Waals surface area (Å²) in [5.41, 5.74) is 4.95. The smallest absolute Gasteiger partial charge is 0.230 e. The molecule has 0 N–H and O–H groups in total. The number of aryl methyl sites for hydroxylation is 1. The Hall–Kier alpha value is -2.33. The molecule has 2 aliphatic heterocycles. The predicted molar refractivity (Wildman–Crippen MR) is 108 cm³/mol. The first kappa shape index (κ1) is 17.7. The number of benzene rings is 2. The van der Waals surface area contributed by atoms with E-state index in [1.54, 1.807) is 7.11 Å². The molecule has 28 heavy (non-hydrogen) atoms. The van der Waals surface area contributed by atoms with E-state index in [1.165, 1.54) is 22.3 Å². The van der Waals surface area contributed by atoms with Crippen molar-refractivity contribution in [2.75, 3.05) is 26.8 Å². The van der Waals surface area contributed by atoms with Crippen LogP contribution in [0.15, 0.2) is 42.5 Å². The maximum absolute atomic E-state index is 13.2. The van der Waals surface area contributed by atoms with Gasteiger partial charge in [-0.2, -0.15) is 0 Å². The van der Waals surface area contributed by atoms with Crippen LogP contribution < -0.4 is 4.74 Å². The quantitative estimate of drug-likeness (QED) is 0.799. The molecule has 0 bridgehead atoms. The predicted octanol–water partition coefficient (Wildman–Crippen LogP) is 3.82. The Bertz CT molecular complexity index is 898. The molecule has 4 heteroatoms. The van der Waals surface area contributed by atoms with Gasteiger partial charge in [0.1, 0.15) is 5.75 Å². The van der Waals surface area contributed by atoms with Gasteiger partial charge in [-0.15, -0.1) is 0 Å². The van der Waals surface area contributed by atoms with Crippen LogP contribution in [0.1, 0.15) is 47.4 Å². The number of ether oxygens (including phenoxy) is 2. The maximum atomic E-state index is 13.2. The molecule has 2 aromatic rings. The Kier molecular flexibility index (Phi) is 4.39. The fourth-order valence-electron chi connectivity index (χ4n) is 5.32. The summed E-state index contributed by atoms with van der Waals surface area (Å²) in [5, 5.41) is 0. The number of methoxy groups -OCH3 is 1. The lowest BCUT2D eigenvalue weighted by atomic mass is 9.79. The van der Waals surface area contributed by atoms with Gasteiger partial charge in [-0.25, -0.2) is 0 Å². The minimum Gasteiger partial charge on any atom is -0.497 e. The van der Waals surface area contributed by atoms with E-state index in [1.807, 2.05) is 6.07 Å². The normalized spacial score (nSPS) is 22.6. The fraction of sp³-hybridized carbons (Fsp3) is 0.458. The lowest BCUT2D eigenvalue weighted by Crippen LogP contribution is -2.49. The zero-order valence-electron chi connectivity index (χ0n) is 16.4. The molecule has 1 saturated heterocycles. The van der Waals surface area contributed by atoms with Gasteiger partial charge in [0, 0.05) is 13.1 Å². The first-order valence-electron chi connectivity index (χ1n) is 10.4. The monoisotopic (exact) mass is 377 g/mol. The number of carbonyl (C=O) groups is 1. The lowest BCUT2D eigenvalue weighted by Gasteiger charge is -2.45. The topological polar surface area (TPSA) is 38.8 Å². The minimum atomic E-state index is -0.246. The summed E-state index contributed by atoms with van der Waals surface area (Å²) in [6.45, 7) is 2.27. The molecule has 2 heterocycles. The molecular formula is C24H27NO3. The minimum absolute atomic E-state index is 0.0362. The van der Waals surface area contributed by atoms with Crippen LogP contribution in [0, 0.1) is 0 Å². The van der Waals surface area contributed by atoms with Gasteiger partial charge in [-0.3, -0.25) is 4.79 Å². The third-order valence-electron chi connectivity index (χ3n) is 6.87. The van der Waals surface area contributed by atoms with Gasteiger partial charge in [0.05, 0.1) is 25.2 Å². The molecule has 0 radical (unpaired) electrons. The van der Waals surface area contributed by atoms with Crippen molar-refractivity contribution in [3.05, 3.63) is 64.7 Å². The molecule has 0 aromatic heterocycles. The highest BCUT2D eigenvalue weighted by molar-refractivity contribution is 5.85. The standard InChI is InChI=1S/C24H27NO3/c1-27-19-7-9-22-18(16-19)10-15-28-24(22)11-13-25(14-12-24)23(26)21-8-6-17-4-2-3-5-20(17)21/h2-5,7,9,16,21H,6,8,10-15H2,1H3. The summed E-state index contributed by atoms with van der Waals surface area (Å²) >= 11 is 0. The number of likely N-dealkylation sites (tertiary alicyclic amines) is 1. The number of nitrogens with zero attached hydrogens (tertiary/aromatic N) is 1. The molecule has 1 amide bonds. The van der Waals surface area contributed by atoms with Crippen LogP contribution in [0.2, 0.25) is 0 Å². The van der Waals surface area contributed by atoms with Crippen molar-refractivity contribution in [2.24, 2.45) is 0 Å². The summed E-state index contributed by atoms with van der Waals surface area (Å²) in [6, 6.07) is 14.8. The van der Waals surface area contributed by atoms with Crippen LogP contribution in [0.4, 0.5) is 0 Å². The number of piperidine rings is 1. The highest BCUT2D eigenvalue weighted by Crippen LogP contribution is 2.43. The molecule has 2 aromatic carbocycles. The van der Waals surface area contributed by atoms with Gasteiger partial charge in [-0.1, -0.05) is 30.3 Å². The summed E-state index contributed by atoms with van der Waals surface area (Å²) < 4.78 is 11.7. The van der Waals surface area contributed by atoms with Crippen molar-refractivity contribution in [2.45, 2.75) is 43.6 Å². The molecule has 4 nitrogen and oxygen atoms in total. The second kappa shape index (κ2) is 6.93. The highest BCUT2D eigenvalue weighted by Gasteiger charge is 2.43. The Morgan fingerprint density at radius 2 is 1.93 bits per heavy atom. The van der Waals surface area contributed by atoms with Gasteiger partial charge in [0.15, 0.2) is 0 Å². The largest absolute Gasteiger partial charge is 0.497 e. The zero-order valence-corrected chi connectivity index (χ0v) is 16.4. The average Bonchev–Trinajstić information content (AvgIpc) is 3.18. The zero-order chi connectivity index (χ0) is 19.1. The number of rotatable bonds is 2. The SMILES string of the molecule is COc1ccc2c(c1)CCOC21CCN(C(=O)C2CCc3ccccc32)CC1. The second-order valence-electron chi connectivity index (χ2n) is 8.23. The van der Waals surface area contributed by atoms with Gasteiger partial charge in [0.25, 0.3) is 0 Å². The van der Waals surface area contributed by atoms with Crippen LogP contribution in [-0.4, -0.2) is 37.6 Å². The first-order valence-corrected chi connectivity index (χ1v) is 10.4. The van der Waals surface area contributed by atoms with Crippen molar-refractivity contribution in [1.82, 2.24) is 4.90 Å². The molecular weight excluding hydrogens is 350 g/mol. The molecule has 146 valence electrons. The van der Waals surface area contributed by atoms with Crippen molar-refractivity contribution >= 4 is 5.91 Å². The van der Waals surface area contributed by atoms with Crippen molar-refractivity contribution in [1.29, 1.82) is 0 Å². The number of fused-ring (bicyclic) bond motifs is 3. The van der Waals surface area contributed by atoms with Gasteiger partial charge in [-0.05, 0) is 66.5 Å². The Morgan fingerprint density at radius 1 is 1.11 bits per heavy atom. The number of amides is 1. The highest BCUT2D eigenvalue weighted by atomic mass is 16.5. The summed E-state index contributed by atoms with van der Waals surface area (Å²) in [6.07, 6.45) is 4.62. The third-order valence-corrected chi connectivity index (χ3v) is 6.87. The fourth-order valence-corrected chi connectivity index (χ4v) is 5.32. The van der Waals surface area contributed by atoms with Crippen molar-refractivity contribution in [3.8, 4) is 5.75 Å². The molecule has 1 fully saturated rings. The Balaban J connectivity index is 1.33. The van der Waals surface area contributed by atoms with E-state index in [0.717, 1.165) is 57.6 Å². The second-order valence-corrected chi connectivity index (χ2v) is 8.23.